The summed E-state index contributed by atoms with van der Waals surface area (Å²) in [4.78, 5) is 35.2. The molecule has 0 bridgehead atoms. The first kappa shape index (κ1) is 35.2. The summed E-state index contributed by atoms with van der Waals surface area (Å²) in [6.07, 6.45) is -0.682. The first-order valence-electron chi connectivity index (χ1n) is 15.6. The maximum atomic E-state index is 14.2. The van der Waals surface area contributed by atoms with Crippen LogP contribution in [0.15, 0.2) is 66.9 Å². The van der Waals surface area contributed by atoms with Crippen molar-refractivity contribution in [2.75, 3.05) is 12.4 Å². The van der Waals surface area contributed by atoms with Gasteiger partial charge in [-0.05, 0) is 87.6 Å². The number of aromatic nitrogens is 3. The number of esters is 1. The summed E-state index contributed by atoms with van der Waals surface area (Å²) >= 11 is 0. The van der Waals surface area contributed by atoms with Crippen molar-refractivity contribution in [3.63, 3.8) is 0 Å². The van der Waals surface area contributed by atoms with Crippen LogP contribution < -0.4 is 10.1 Å². The number of rotatable bonds is 13. The highest BCUT2D eigenvalue weighted by atomic mass is 19.1. The van der Waals surface area contributed by atoms with E-state index in [9.17, 15) is 24.2 Å². The number of carbonyl (C=O) groups excluding carboxylic acids is 2. The first-order chi connectivity index (χ1) is 22.3. The van der Waals surface area contributed by atoms with Gasteiger partial charge in [0.05, 0.1) is 42.7 Å². The van der Waals surface area contributed by atoms with Gasteiger partial charge in [-0.1, -0.05) is 32.0 Å². The molecular formula is C36H43FN4O6. The summed E-state index contributed by atoms with van der Waals surface area (Å²) in [5.41, 5.74) is 3.08. The molecule has 0 aliphatic heterocycles. The Hall–Kier alpha value is -4.61. The van der Waals surface area contributed by atoms with Crippen molar-refractivity contribution >= 4 is 17.6 Å². The largest absolute Gasteiger partial charge is 0.467 e. The predicted molar refractivity (Wildman–Crippen MR) is 178 cm³/mol. The number of aliphatic hydroxyl groups is 2. The van der Waals surface area contributed by atoms with Gasteiger partial charge >= 0.3 is 12.0 Å². The van der Waals surface area contributed by atoms with Gasteiger partial charge in [-0.25, -0.2) is 9.37 Å². The molecule has 0 radical (unpaired) electrons. The number of amides is 1. The minimum absolute atomic E-state index is 0.0548. The summed E-state index contributed by atoms with van der Waals surface area (Å²) in [6.45, 7) is 9.39. The van der Waals surface area contributed by atoms with Crippen LogP contribution in [-0.2, 0) is 16.1 Å². The van der Waals surface area contributed by atoms with Crippen molar-refractivity contribution in [3.05, 3.63) is 83.9 Å². The van der Waals surface area contributed by atoms with E-state index < -0.39 is 29.6 Å². The predicted octanol–water partition coefficient (Wildman–Crippen LogP) is 6.37. The van der Waals surface area contributed by atoms with Crippen LogP contribution in [0.4, 0.5) is 10.1 Å². The number of carbonyl (C=O) groups is 2. The topological polar surface area (TPSA) is 136 Å². The third-order valence-corrected chi connectivity index (χ3v) is 7.35. The van der Waals surface area contributed by atoms with Gasteiger partial charge in [0.1, 0.15) is 11.4 Å². The number of para-hydroxylation sites is 1. The van der Waals surface area contributed by atoms with E-state index in [1.807, 2.05) is 36.6 Å². The van der Waals surface area contributed by atoms with Crippen LogP contribution in [0.3, 0.4) is 0 Å². The van der Waals surface area contributed by atoms with Crippen LogP contribution in [0.5, 0.6) is 6.01 Å². The lowest BCUT2D eigenvalue weighted by molar-refractivity contribution is -0.157. The Morgan fingerprint density at radius 1 is 1.00 bits per heavy atom. The van der Waals surface area contributed by atoms with E-state index >= 15 is 0 Å². The second-order valence-corrected chi connectivity index (χ2v) is 12.7. The fourth-order valence-electron chi connectivity index (χ4n) is 5.52. The number of nitrogens with one attached hydrogen (secondary N) is 1. The lowest BCUT2D eigenvalue weighted by Gasteiger charge is -2.22. The van der Waals surface area contributed by atoms with Gasteiger partial charge in [0.15, 0.2) is 0 Å². The minimum atomic E-state index is -1.11. The lowest BCUT2D eigenvalue weighted by Crippen LogP contribution is -2.28. The highest BCUT2D eigenvalue weighted by molar-refractivity contribution is 6.12. The molecule has 0 saturated carbocycles. The highest BCUT2D eigenvalue weighted by Gasteiger charge is 2.32. The van der Waals surface area contributed by atoms with Crippen LogP contribution >= 0.6 is 0 Å². The molecule has 1 amide bonds. The zero-order chi connectivity index (χ0) is 34.3. The SMILES string of the molecule is COc1nccc(-c2c(C(=O)Nc3ccccc3)c(C(C)C)n(CCC(O)CC(O)CC(=O)OC(C)(C)C)c2-c2ccc(F)cc2)n1. The normalized spacial score (nSPS) is 12.9. The second-order valence-electron chi connectivity index (χ2n) is 12.7. The second kappa shape index (κ2) is 15.3. The van der Waals surface area contributed by atoms with Gasteiger partial charge in [0, 0.05) is 29.7 Å². The third kappa shape index (κ3) is 9.24. The van der Waals surface area contributed by atoms with E-state index in [0.29, 0.717) is 39.5 Å². The van der Waals surface area contributed by atoms with Crippen molar-refractivity contribution in [3.8, 4) is 28.5 Å². The first-order valence-corrected chi connectivity index (χ1v) is 15.6. The van der Waals surface area contributed by atoms with Gasteiger partial charge in [-0.15, -0.1) is 0 Å². The maximum Gasteiger partial charge on any atom is 0.316 e. The number of halogens is 1. The van der Waals surface area contributed by atoms with Crippen LogP contribution in [0.2, 0.25) is 0 Å². The fourth-order valence-corrected chi connectivity index (χ4v) is 5.52. The summed E-state index contributed by atoms with van der Waals surface area (Å²) < 4.78 is 26.7. The quantitative estimate of drug-likeness (QED) is 0.143. The van der Waals surface area contributed by atoms with Crippen molar-refractivity contribution < 1.29 is 33.7 Å². The van der Waals surface area contributed by atoms with Gasteiger partial charge < -0.3 is 29.6 Å². The van der Waals surface area contributed by atoms with E-state index in [1.54, 1.807) is 51.1 Å². The number of aliphatic hydroxyl groups excluding tert-OH is 2. The monoisotopic (exact) mass is 646 g/mol. The van der Waals surface area contributed by atoms with Crippen molar-refractivity contribution in [2.45, 2.75) is 84.2 Å². The van der Waals surface area contributed by atoms with Crippen molar-refractivity contribution in [1.29, 1.82) is 0 Å². The molecule has 3 N–H and O–H groups in total. The van der Waals surface area contributed by atoms with Crippen LogP contribution in [0, 0.1) is 5.82 Å². The number of hydrogen-bond acceptors (Lipinski definition) is 8. The molecule has 2 unspecified atom stereocenters. The molecule has 0 spiro atoms. The lowest BCUT2D eigenvalue weighted by atomic mass is 9.97. The molecule has 2 heterocycles. The number of benzene rings is 2. The maximum absolute atomic E-state index is 14.2. The van der Waals surface area contributed by atoms with E-state index in [1.165, 1.54) is 25.4 Å². The summed E-state index contributed by atoms with van der Waals surface area (Å²) in [7, 11) is 1.45. The fraction of sp³-hybridized carbons (Fsp3) is 0.389. The zero-order valence-corrected chi connectivity index (χ0v) is 27.7. The van der Waals surface area contributed by atoms with E-state index in [4.69, 9.17) is 9.47 Å². The molecule has 2 aromatic carbocycles. The Labute approximate surface area is 274 Å². The zero-order valence-electron chi connectivity index (χ0n) is 27.7. The van der Waals surface area contributed by atoms with Gasteiger partial charge in [-0.3, -0.25) is 9.59 Å². The smallest absolute Gasteiger partial charge is 0.316 e. The van der Waals surface area contributed by atoms with E-state index in [-0.39, 0.29) is 43.6 Å². The third-order valence-electron chi connectivity index (χ3n) is 7.35. The average Bonchev–Trinajstić information content (AvgIpc) is 3.35. The number of nitrogens with zero attached hydrogens (tertiary/aromatic N) is 3. The van der Waals surface area contributed by atoms with E-state index in [2.05, 4.69) is 15.3 Å². The molecule has 47 heavy (non-hydrogen) atoms. The molecule has 2 aromatic heterocycles. The number of ether oxygens (including phenoxy) is 2. The Morgan fingerprint density at radius 3 is 2.30 bits per heavy atom. The Balaban J connectivity index is 1.82. The summed E-state index contributed by atoms with van der Waals surface area (Å²) in [5.74, 6) is -1.53. The van der Waals surface area contributed by atoms with Crippen molar-refractivity contribution in [2.24, 2.45) is 0 Å². The average molecular weight is 647 g/mol. The molecule has 4 aromatic rings. The van der Waals surface area contributed by atoms with Crippen LogP contribution in [-0.4, -0.2) is 61.5 Å². The molecule has 10 nitrogen and oxygen atoms in total. The number of hydrogen-bond donors (Lipinski definition) is 3. The van der Waals surface area contributed by atoms with Gasteiger partial charge in [0.2, 0.25) is 0 Å². The Bertz CT molecular complexity index is 1670. The summed E-state index contributed by atoms with van der Waals surface area (Å²) in [5, 5.41) is 24.6. The molecule has 250 valence electrons. The minimum Gasteiger partial charge on any atom is -0.467 e. The molecule has 0 aliphatic rings. The summed E-state index contributed by atoms with van der Waals surface area (Å²) in [6, 6.07) is 16.8. The Kier molecular flexibility index (Phi) is 11.5. The Morgan fingerprint density at radius 2 is 1.68 bits per heavy atom. The number of anilines is 1. The van der Waals surface area contributed by atoms with Crippen molar-refractivity contribution in [1.82, 2.24) is 14.5 Å². The van der Waals surface area contributed by atoms with Gasteiger partial charge in [0.25, 0.3) is 5.91 Å². The standard InChI is InChI=1S/C36H43FN4O6/c1-22(2)32-31(34(45)39-25-10-8-7-9-11-25)30(28-16-18-38-35(40-28)46-6)33(23-12-14-24(37)15-13-23)41(32)19-17-26(42)20-27(43)21-29(44)47-36(3,4)5/h7-16,18,22,26-27,42-43H,17,19-21H2,1-6H3,(H,39,45). The van der Waals surface area contributed by atoms with Gasteiger partial charge in [-0.2, -0.15) is 4.98 Å². The van der Waals surface area contributed by atoms with Crippen LogP contribution in [0.25, 0.3) is 22.5 Å². The van der Waals surface area contributed by atoms with E-state index in [0.717, 1.165) is 0 Å². The highest BCUT2D eigenvalue weighted by Crippen LogP contribution is 2.42. The molecule has 0 aliphatic carbocycles. The molecular weight excluding hydrogens is 603 g/mol. The molecule has 11 heteroatoms. The number of methoxy groups -OCH3 is 1. The molecule has 0 fully saturated rings. The molecule has 4 rings (SSSR count). The molecule has 0 saturated heterocycles. The van der Waals surface area contributed by atoms with Crippen LogP contribution in [0.1, 0.15) is 75.9 Å². The molecule has 2 atom stereocenters.